The molecule has 26 heavy (non-hydrogen) atoms. The minimum atomic E-state index is -0.313. The summed E-state index contributed by atoms with van der Waals surface area (Å²) in [5.74, 6) is -0.00455. The van der Waals surface area contributed by atoms with Crippen LogP contribution in [-0.2, 0) is 6.61 Å². The van der Waals surface area contributed by atoms with Crippen molar-refractivity contribution in [2.45, 2.75) is 27.4 Å². The van der Waals surface area contributed by atoms with Crippen LogP contribution >= 0.6 is 11.3 Å². The first-order valence-electron chi connectivity index (χ1n) is 8.14. The van der Waals surface area contributed by atoms with Gasteiger partial charge < -0.3 is 10.1 Å². The van der Waals surface area contributed by atoms with E-state index < -0.39 is 0 Å². The number of carbonyl (C=O) groups is 1. The number of aromatic nitrogens is 1. The van der Waals surface area contributed by atoms with Crippen molar-refractivity contribution in [2.24, 2.45) is 0 Å². The molecule has 1 heterocycles. The van der Waals surface area contributed by atoms with Crippen LogP contribution in [-0.4, -0.2) is 10.9 Å². The summed E-state index contributed by atoms with van der Waals surface area (Å²) in [7, 11) is 0. The molecule has 0 aliphatic carbocycles. The predicted molar refractivity (Wildman–Crippen MR) is 101 cm³/mol. The van der Waals surface area contributed by atoms with E-state index in [1.165, 1.54) is 23.5 Å². The van der Waals surface area contributed by atoms with Crippen LogP contribution in [0.15, 0.2) is 41.8 Å². The second kappa shape index (κ2) is 7.66. The number of anilines is 1. The first kappa shape index (κ1) is 18.1. The summed E-state index contributed by atoms with van der Waals surface area (Å²) in [6.07, 6.45) is 0. The first-order chi connectivity index (χ1) is 12.4. The maximum Gasteiger partial charge on any atom is 0.275 e. The summed E-state index contributed by atoms with van der Waals surface area (Å²) in [5.41, 5.74) is 4.37. The third-order valence-electron chi connectivity index (χ3n) is 3.88. The number of aryl methyl sites for hydroxylation is 3. The summed E-state index contributed by atoms with van der Waals surface area (Å²) in [4.78, 5) is 16.8. The second-order valence-corrected chi connectivity index (χ2v) is 7.04. The third-order valence-corrected chi connectivity index (χ3v) is 4.70. The van der Waals surface area contributed by atoms with E-state index in [2.05, 4.69) is 10.3 Å². The summed E-state index contributed by atoms with van der Waals surface area (Å²) in [5, 5.41) is 5.32. The van der Waals surface area contributed by atoms with E-state index in [4.69, 9.17) is 4.74 Å². The Hall–Kier alpha value is -2.73. The van der Waals surface area contributed by atoms with Gasteiger partial charge in [0.15, 0.2) is 0 Å². The number of ether oxygens (including phenoxy) is 1. The highest BCUT2D eigenvalue weighted by Gasteiger charge is 2.14. The zero-order valence-corrected chi connectivity index (χ0v) is 15.6. The van der Waals surface area contributed by atoms with Crippen LogP contribution in [0.1, 0.15) is 32.2 Å². The lowest BCUT2D eigenvalue weighted by Gasteiger charge is -2.11. The van der Waals surface area contributed by atoms with E-state index in [0.717, 1.165) is 22.4 Å². The molecule has 0 fully saturated rings. The third kappa shape index (κ3) is 4.26. The first-order valence-corrected chi connectivity index (χ1v) is 9.02. The van der Waals surface area contributed by atoms with Gasteiger partial charge in [-0.2, -0.15) is 0 Å². The van der Waals surface area contributed by atoms with Gasteiger partial charge in [-0.1, -0.05) is 17.7 Å². The van der Waals surface area contributed by atoms with Crippen LogP contribution in [0.5, 0.6) is 5.75 Å². The van der Waals surface area contributed by atoms with Gasteiger partial charge in [0.05, 0.1) is 0 Å². The van der Waals surface area contributed by atoms with Gasteiger partial charge in [0.1, 0.15) is 28.9 Å². The number of amides is 1. The Kier molecular flexibility index (Phi) is 5.32. The topological polar surface area (TPSA) is 51.2 Å². The quantitative estimate of drug-likeness (QED) is 0.685. The van der Waals surface area contributed by atoms with Gasteiger partial charge in [0, 0.05) is 11.1 Å². The Bertz CT molecular complexity index is 912. The summed E-state index contributed by atoms with van der Waals surface area (Å²) >= 11 is 1.35. The van der Waals surface area contributed by atoms with Gasteiger partial charge in [0.25, 0.3) is 5.91 Å². The maximum atomic E-state index is 12.9. The summed E-state index contributed by atoms with van der Waals surface area (Å²) in [6, 6.07) is 9.85. The number of nitrogens with one attached hydrogen (secondary N) is 1. The van der Waals surface area contributed by atoms with Gasteiger partial charge in [-0.3, -0.25) is 4.79 Å². The van der Waals surface area contributed by atoms with Crippen molar-refractivity contribution < 1.29 is 13.9 Å². The lowest BCUT2D eigenvalue weighted by Crippen LogP contribution is -2.14. The molecule has 134 valence electrons. The van der Waals surface area contributed by atoms with Gasteiger partial charge in [-0.05, 0) is 56.2 Å². The molecular weight excluding hydrogens is 351 g/mol. The van der Waals surface area contributed by atoms with Crippen LogP contribution in [0.3, 0.4) is 0 Å². The molecule has 0 unspecified atom stereocenters. The number of benzene rings is 2. The Morgan fingerprint density at radius 1 is 1.15 bits per heavy atom. The minimum Gasteiger partial charge on any atom is -0.486 e. The maximum absolute atomic E-state index is 12.9. The molecule has 0 radical (unpaired) electrons. The van der Waals surface area contributed by atoms with Gasteiger partial charge >= 0.3 is 0 Å². The zero-order chi connectivity index (χ0) is 18.7. The van der Waals surface area contributed by atoms with Crippen molar-refractivity contribution in [1.82, 2.24) is 4.98 Å². The van der Waals surface area contributed by atoms with E-state index in [9.17, 15) is 9.18 Å². The molecule has 0 aliphatic rings. The number of hydrogen-bond acceptors (Lipinski definition) is 4. The Morgan fingerprint density at radius 3 is 2.46 bits per heavy atom. The SMILES string of the molecule is Cc1cc(C)c(NC(=O)c2csc(COc3ccc(F)cc3)n2)c(C)c1. The van der Waals surface area contributed by atoms with E-state index in [1.807, 2.05) is 32.9 Å². The van der Waals surface area contributed by atoms with E-state index >= 15 is 0 Å². The van der Waals surface area contributed by atoms with Gasteiger partial charge in [-0.15, -0.1) is 11.3 Å². The van der Waals surface area contributed by atoms with E-state index in [1.54, 1.807) is 17.5 Å². The van der Waals surface area contributed by atoms with Crippen molar-refractivity contribution in [3.63, 3.8) is 0 Å². The molecular formula is C20H19FN2O2S. The fourth-order valence-corrected chi connectivity index (χ4v) is 3.40. The number of halogens is 1. The van der Waals surface area contributed by atoms with Crippen LogP contribution in [0.25, 0.3) is 0 Å². The summed E-state index contributed by atoms with van der Waals surface area (Å²) in [6.45, 7) is 6.20. The molecule has 3 rings (SSSR count). The number of thiazole rings is 1. The number of rotatable bonds is 5. The molecule has 1 amide bonds. The molecule has 0 spiro atoms. The lowest BCUT2D eigenvalue weighted by molar-refractivity contribution is 0.102. The monoisotopic (exact) mass is 370 g/mol. The molecule has 0 saturated heterocycles. The van der Waals surface area contributed by atoms with Crippen molar-refractivity contribution in [3.05, 3.63) is 75.0 Å². The highest BCUT2D eigenvalue weighted by Crippen LogP contribution is 2.23. The predicted octanol–water partition coefficient (Wildman–Crippen LogP) is 5.04. The minimum absolute atomic E-state index is 0.228. The van der Waals surface area contributed by atoms with Crippen molar-refractivity contribution in [3.8, 4) is 5.75 Å². The zero-order valence-electron chi connectivity index (χ0n) is 14.8. The molecule has 3 aromatic rings. The standard InChI is InChI=1S/C20H19FN2O2S/c1-12-8-13(2)19(14(3)9-12)23-20(24)17-11-26-18(22-17)10-25-16-6-4-15(21)5-7-16/h4-9,11H,10H2,1-3H3,(H,23,24). The normalized spacial score (nSPS) is 10.6. The van der Waals surface area contributed by atoms with Crippen molar-refractivity contribution >= 4 is 22.9 Å². The van der Waals surface area contributed by atoms with Crippen molar-refractivity contribution in [2.75, 3.05) is 5.32 Å². The molecule has 6 heteroatoms. The highest BCUT2D eigenvalue weighted by atomic mass is 32.1. The van der Waals surface area contributed by atoms with Gasteiger partial charge in [-0.25, -0.2) is 9.37 Å². The van der Waals surface area contributed by atoms with Crippen LogP contribution in [0.2, 0.25) is 0 Å². The molecule has 0 saturated carbocycles. The number of carbonyl (C=O) groups excluding carboxylic acids is 1. The van der Waals surface area contributed by atoms with E-state index in [-0.39, 0.29) is 18.3 Å². The fourth-order valence-electron chi connectivity index (χ4n) is 2.71. The van der Waals surface area contributed by atoms with Crippen LogP contribution in [0, 0.1) is 26.6 Å². The Labute approximate surface area is 155 Å². The Morgan fingerprint density at radius 2 is 1.81 bits per heavy atom. The summed E-state index contributed by atoms with van der Waals surface area (Å²) < 4.78 is 18.4. The second-order valence-electron chi connectivity index (χ2n) is 6.10. The molecule has 1 N–H and O–H groups in total. The highest BCUT2D eigenvalue weighted by molar-refractivity contribution is 7.09. The van der Waals surface area contributed by atoms with Gasteiger partial charge in [0.2, 0.25) is 0 Å². The Balaban J connectivity index is 1.65. The fraction of sp³-hybridized carbons (Fsp3) is 0.200. The molecule has 0 bridgehead atoms. The van der Waals surface area contributed by atoms with E-state index in [0.29, 0.717) is 16.5 Å². The van der Waals surface area contributed by atoms with Crippen LogP contribution in [0.4, 0.5) is 10.1 Å². The average Bonchev–Trinajstić information content (AvgIpc) is 3.06. The molecule has 4 nitrogen and oxygen atoms in total. The molecule has 0 atom stereocenters. The number of nitrogens with zero attached hydrogens (tertiary/aromatic N) is 1. The molecule has 0 aliphatic heterocycles. The molecule has 2 aromatic carbocycles. The number of hydrogen-bond donors (Lipinski definition) is 1. The largest absolute Gasteiger partial charge is 0.486 e. The van der Waals surface area contributed by atoms with Crippen molar-refractivity contribution in [1.29, 1.82) is 0 Å². The van der Waals surface area contributed by atoms with Crippen LogP contribution < -0.4 is 10.1 Å². The smallest absolute Gasteiger partial charge is 0.275 e. The lowest BCUT2D eigenvalue weighted by atomic mass is 10.1. The average molecular weight is 370 g/mol. The molecule has 1 aromatic heterocycles.